The van der Waals surface area contributed by atoms with Gasteiger partial charge in [-0.2, -0.15) is 0 Å². The second-order valence-electron chi connectivity index (χ2n) is 4.84. The Morgan fingerprint density at radius 1 is 1.32 bits per heavy atom. The van der Waals surface area contributed by atoms with Crippen molar-refractivity contribution in [1.29, 1.82) is 0 Å². The molecular weight excluding hydrogens is 238 g/mol. The molecule has 0 saturated heterocycles. The van der Waals surface area contributed by atoms with Gasteiger partial charge in [-0.15, -0.1) is 0 Å². The van der Waals surface area contributed by atoms with Gasteiger partial charge in [0.1, 0.15) is 11.5 Å². The van der Waals surface area contributed by atoms with Crippen LogP contribution in [0.25, 0.3) is 0 Å². The molecule has 1 aliphatic heterocycles. The molecule has 0 amide bonds. The van der Waals surface area contributed by atoms with Crippen LogP contribution in [-0.4, -0.2) is 13.7 Å². The average Bonchev–Trinajstić information content (AvgIpc) is 3.07. The molecule has 1 atom stereocenters. The molecule has 3 nitrogen and oxygen atoms in total. The van der Waals surface area contributed by atoms with Gasteiger partial charge in [-0.05, 0) is 30.3 Å². The second kappa shape index (κ2) is 5.10. The van der Waals surface area contributed by atoms with Crippen molar-refractivity contribution >= 4 is 0 Å². The van der Waals surface area contributed by atoms with Gasteiger partial charge >= 0.3 is 0 Å². The van der Waals surface area contributed by atoms with Crippen LogP contribution in [0.1, 0.15) is 35.4 Å². The zero-order chi connectivity index (χ0) is 13.2. The van der Waals surface area contributed by atoms with Crippen molar-refractivity contribution in [3.63, 3.8) is 0 Å². The minimum Gasteiger partial charge on any atom is -0.493 e. The molecule has 2 aromatic rings. The van der Waals surface area contributed by atoms with Crippen LogP contribution in [-0.2, 0) is 12.8 Å². The fourth-order valence-electron chi connectivity index (χ4n) is 2.78. The Morgan fingerprint density at radius 2 is 2.21 bits per heavy atom. The number of benzene rings is 1. The van der Waals surface area contributed by atoms with Gasteiger partial charge in [-0.25, -0.2) is 0 Å². The van der Waals surface area contributed by atoms with Crippen molar-refractivity contribution in [2.24, 2.45) is 0 Å². The second-order valence-corrected chi connectivity index (χ2v) is 4.84. The summed E-state index contributed by atoms with van der Waals surface area (Å²) in [4.78, 5) is 0. The van der Waals surface area contributed by atoms with Crippen molar-refractivity contribution in [2.45, 2.75) is 25.8 Å². The first-order chi connectivity index (χ1) is 9.33. The standard InChI is InChI=1S/C16H19NO2/c1-3-14-13(7-9-18-14)16(17-2)12-4-5-15-11(10-12)6-8-19-15/h4-5,7,9-10,16-17H,3,6,8H2,1-2H3. The largest absolute Gasteiger partial charge is 0.493 e. The smallest absolute Gasteiger partial charge is 0.122 e. The summed E-state index contributed by atoms with van der Waals surface area (Å²) in [5.74, 6) is 2.08. The Labute approximate surface area is 113 Å². The molecule has 1 aromatic carbocycles. The number of fused-ring (bicyclic) bond motifs is 1. The summed E-state index contributed by atoms with van der Waals surface area (Å²) in [6.07, 6.45) is 3.69. The number of rotatable bonds is 4. The topological polar surface area (TPSA) is 34.4 Å². The molecule has 0 radical (unpaired) electrons. The highest BCUT2D eigenvalue weighted by molar-refractivity contribution is 5.43. The van der Waals surface area contributed by atoms with E-state index >= 15 is 0 Å². The first-order valence-electron chi connectivity index (χ1n) is 6.82. The normalized spacial score (nSPS) is 15.1. The lowest BCUT2D eigenvalue weighted by Crippen LogP contribution is -2.18. The fourth-order valence-corrected chi connectivity index (χ4v) is 2.78. The predicted molar refractivity (Wildman–Crippen MR) is 74.6 cm³/mol. The van der Waals surface area contributed by atoms with Crippen LogP contribution < -0.4 is 10.1 Å². The number of furan rings is 1. The number of nitrogens with one attached hydrogen (secondary N) is 1. The maximum absolute atomic E-state index is 5.56. The highest BCUT2D eigenvalue weighted by Crippen LogP contribution is 2.32. The van der Waals surface area contributed by atoms with E-state index in [1.807, 2.05) is 7.05 Å². The molecule has 1 aliphatic rings. The Hall–Kier alpha value is -1.74. The Bertz CT molecular complexity index is 574. The molecule has 100 valence electrons. The van der Waals surface area contributed by atoms with E-state index in [0.29, 0.717) is 0 Å². The molecule has 1 unspecified atom stereocenters. The summed E-state index contributed by atoms with van der Waals surface area (Å²) in [6.45, 7) is 2.92. The van der Waals surface area contributed by atoms with Gasteiger partial charge in [0.2, 0.25) is 0 Å². The molecule has 0 saturated carbocycles. The third kappa shape index (κ3) is 2.15. The van der Waals surface area contributed by atoms with E-state index in [4.69, 9.17) is 9.15 Å². The first kappa shape index (κ1) is 12.3. The maximum Gasteiger partial charge on any atom is 0.122 e. The van der Waals surface area contributed by atoms with E-state index in [0.717, 1.165) is 31.0 Å². The molecule has 3 heteroatoms. The van der Waals surface area contributed by atoms with Gasteiger partial charge < -0.3 is 14.5 Å². The molecule has 0 bridgehead atoms. The highest BCUT2D eigenvalue weighted by Gasteiger charge is 2.20. The number of hydrogen-bond donors (Lipinski definition) is 1. The zero-order valence-corrected chi connectivity index (χ0v) is 11.4. The highest BCUT2D eigenvalue weighted by atomic mass is 16.5. The SMILES string of the molecule is CCc1occc1C(NC)c1ccc2c(c1)CCO2. The lowest BCUT2D eigenvalue weighted by atomic mass is 9.96. The summed E-state index contributed by atoms with van der Waals surface area (Å²) in [7, 11) is 1.99. The predicted octanol–water partition coefficient (Wildman–Crippen LogP) is 3.09. The molecule has 19 heavy (non-hydrogen) atoms. The fraction of sp³-hybridized carbons (Fsp3) is 0.375. The Balaban J connectivity index is 1.98. The van der Waals surface area contributed by atoms with Crippen LogP contribution in [0.4, 0.5) is 0 Å². The van der Waals surface area contributed by atoms with Crippen molar-refractivity contribution in [1.82, 2.24) is 5.32 Å². The summed E-state index contributed by atoms with van der Waals surface area (Å²) < 4.78 is 11.1. The average molecular weight is 257 g/mol. The van der Waals surface area contributed by atoms with Gasteiger partial charge in [-0.1, -0.05) is 19.1 Å². The van der Waals surface area contributed by atoms with E-state index in [2.05, 4.69) is 36.5 Å². The molecule has 0 fully saturated rings. The number of hydrogen-bond acceptors (Lipinski definition) is 3. The molecule has 1 aromatic heterocycles. The monoisotopic (exact) mass is 257 g/mol. The van der Waals surface area contributed by atoms with Crippen LogP contribution >= 0.6 is 0 Å². The van der Waals surface area contributed by atoms with Crippen molar-refractivity contribution < 1.29 is 9.15 Å². The lowest BCUT2D eigenvalue weighted by molar-refractivity contribution is 0.357. The number of aryl methyl sites for hydroxylation is 1. The van der Waals surface area contributed by atoms with Crippen LogP contribution in [0.15, 0.2) is 34.9 Å². The van der Waals surface area contributed by atoms with Crippen LogP contribution in [0.3, 0.4) is 0 Å². The third-order valence-corrected chi connectivity index (χ3v) is 3.75. The first-order valence-corrected chi connectivity index (χ1v) is 6.82. The van der Waals surface area contributed by atoms with E-state index in [1.165, 1.54) is 16.7 Å². The minimum atomic E-state index is 0.180. The molecule has 3 rings (SSSR count). The Kier molecular flexibility index (Phi) is 3.30. The summed E-state index contributed by atoms with van der Waals surface area (Å²) in [5.41, 5.74) is 3.80. The molecule has 0 aliphatic carbocycles. The molecule has 2 heterocycles. The van der Waals surface area contributed by atoms with Gasteiger partial charge in [0.25, 0.3) is 0 Å². The molecule has 0 spiro atoms. The Morgan fingerprint density at radius 3 is 3.00 bits per heavy atom. The minimum absolute atomic E-state index is 0.180. The van der Waals surface area contributed by atoms with Gasteiger partial charge in [0.05, 0.1) is 18.9 Å². The lowest BCUT2D eigenvalue weighted by Gasteiger charge is -2.17. The van der Waals surface area contributed by atoms with Gasteiger partial charge in [0, 0.05) is 18.4 Å². The summed E-state index contributed by atoms with van der Waals surface area (Å²) in [5, 5.41) is 3.39. The van der Waals surface area contributed by atoms with E-state index in [-0.39, 0.29) is 6.04 Å². The van der Waals surface area contributed by atoms with Crippen LogP contribution in [0.2, 0.25) is 0 Å². The van der Waals surface area contributed by atoms with Crippen LogP contribution in [0.5, 0.6) is 5.75 Å². The van der Waals surface area contributed by atoms with E-state index in [1.54, 1.807) is 6.26 Å². The number of ether oxygens (including phenoxy) is 1. The quantitative estimate of drug-likeness (QED) is 0.914. The van der Waals surface area contributed by atoms with E-state index < -0.39 is 0 Å². The zero-order valence-electron chi connectivity index (χ0n) is 11.4. The van der Waals surface area contributed by atoms with Gasteiger partial charge in [-0.3, -0.25) is 0 Å². The maximum atomic E-state index is 5.56. The molecular formula is C16H19NO2. The van der Waals surface area contributed by atoms with Crippen molar-refractivity contribution in [3.05, 3.63) is 53.0 Å². The van der Waals surface area contributed by atoms with E-state index in [9.17, 15) is 0 Å². The third-order valence-electron chi connectivity index (χ3n) is 3.75. The van der Waals surface area contributed by atoms with Crippen molar-refractivity contribution in [3.8, 4) is 5.75 Å². The van der Waals surface area contributed by atoms with Crippen molar-refractivity contribution in [2.75, 3.05) is 13.7 Å². The van der Waals surface area contributed by atoms with Gasteiger partial charge in [0.15, 0.2) is 0 Å². The summed E-state index contributed by atoms with van der Waals surface area (Å²) in [6, 6.07) is 8.70. The molecule has 1 N–H and O–H groups in total. The summed E-state index contributed by atoms with van der Waals surface area (Å²) >= 11 is 0. The van der Waals surface area contributed by atoms with Crippen LogP contribution in [0, 0.1) is 0 Å².